The molecule has 2 amide bonds. The number of esters is 1. The van der Waals surface area contributed by atoms with Gasteiger partial charge in [-0.1, -0.05) is 30.4 Å². The van der Waals surface area contributed by atoms with E-state index in [2.05, 4.69) is 12.2 Å². The van der Waals surface area contributed by atoms with Crippen LogP contribution in [0.4, 0.5) is 5.69 Å². The van der Waals surface area contributed by atoms with Crippen molar-refractivity contribution in [2.75, 3.05) is 11.5 Å². The lowest BCUT2D eigenvalue weighted by Gasteiger charge is -2.37. The number of anilines is 1. The Bertz CT molecular complexity index is 1260. The number of ether oxygens (including phenoxy) is 1. The number of amides is 2. The smallest absolute Gasteiger partial charge is 0.338 e. The van der Waals surface area contributed by atoms with E-state index in [4.69, 9.17) is 4.74 Å². The molecular formula is C28H25NO5. The molecule has 0 radical (unpaired) electrons. The molecule has 2 bridgehead atoms. The molecule has 1 saturated heterocycles. The number of rotatable bonds is 5. The summed E-state index contributed by atoms with van der Waals surface area (Å²) in [4.78, 5) is 53.0. The van der Waals surface area contributed by atoms with E-state index in [-0.39, 0.29) is 53.4 Å². The molecule has 2 aromatic rings. The zero-order chi connectivity index (χ0) is 23.7. The summed E-state index contributed by atoms with van der Waals surface area (Å²) in [5.41, 5.74) is 3.14. The Balaban J connectivity index is 1.18. The number of ketones is 1. The lowest BCUT2D eigenvalue weighted by atomic mass is 9.63. The Kier molecular flexibility index (Phi) is 4.63. The molecule has 1 heterocycles. The molecule has 6 heteroatoms. The number of imide groups is 1. The fraction of sp³-hybridized carbons (Fsp3) is 0.357. The molecule has 0 spiro atoms. The minimum Gasteiger partial charge on any atom is -0.454 e. The average molecular weight is 456 g/mol. The number of nitrogens with zero attached hydrogens (tertiary/aromatic N) is 1. The molecular weight excluding hydrogens is 430 g/mol. The lowest BCUT2D eigenvalue weighted by Crippen LogP contribution is -2.40. The van der Waals surface area contributed by atoms with E-state index in [1.807, 2.05) is 19.9 Å². The van der Waals surface area contributed by atoms with E-state index in [1.165, 1.54) is 11.0 Å². The van der Waals surface area contributed by atoms with Crippen LogP contribution in [0.25, 0.3) is 0 Å². The lowest BCUT2D eigenvalue weighted by molar-refractivity contribution is -0.124. The van der Waals surface area contributed by atoms with Crippen molar-refractivity contribution in [3.8, 4) is 0 Å². The van der Waals surface area contributed by atoms with Crippen molar-refractivity contribution in [2.24, 2.45) is 35.5 Å². The first-order valence-electron chi connectivity index (χ1n) is 11.8. The van der Waals surface area contributed by atoms with Gasteiger partial charge in [-0.3, -0.25) is 14.4 Å². The molecule has 4 aliphatic carbocycles. The highest BCUT2D eigenvalue weighted by atomic mass is 16.5. The minimum atomic E-state index is -0.668. The molecule has 6 atom stereocenters. The van der Waals surface area contributed by atoms with Gasteiger partial charge in [0.05, 0.1) is 23.1 Å². The molecule has 2 aromatic carbocycles. The van der Waals surface area contributed by atoms with Gasteiger partial charge in [0.15, 0.2) is 12.4 Å². The van der Waals surface area contributed by atoms with Crippen molar-refractivity contribution in [1.29, 1.82) is 0 Å². The van der Waals surface area contributed by atoms with E-state index in [1.54, 1.807) is 30.3 Å². The van der Waals surface area contributed by atoms with E-state index in [0.717, 1.165) is 17.5 Å². The summed E-state index contributed by atoms with van der Waals surface area (Å²) < 4.78 is 5.26. The first-order valence-corrected chi connectivity index (χ1v) is 11.8. The molecule has 3 fully saturated rings. The van der Waals surface area contributed by atoms with Crippen LogP contribution in [-0.2, 0) is 14.3 Å². The molecule has 0 N–H and O–H groups in total. The highest BCUT2D eigenvalue weighted by Gasteiger charge is 2.67. The predicted molar refractivity (Wildman–Crippen MR) is 124 cm³/mol. The Hall–Kier alpha value is -3.54. The summed E-state index contributed by atoms with van der Waals surface area (Å²) in [5, 5.41) is 0. The quantitative estimate of drug-likeness (QED) is 0.296. The Labute approximate surface area is 197 Å². The zero-order valence-electron chi connectivity index (χ0n) is 19.1. The van der Waals surface area contributed by atoms with Crippen LogP contribution in [0.5, 0.6) is 0 Å². The Morgan fingerprint density at radius 1 is 0.882 bits per heavy atom. The summed E-state index contributed by atoms with van der Waals surface area (Å²) in [5.74, 6) is -0.535. The van der Waals surface area contributed by atoms with Crippen LogP contribution in [-0.4, -0.2) is 30.2 Å². The highest BCUT2D eigenvalue weighted by Crippen LogP contribution is 2.65. The predicted octanol–water partition coefficient (Wildman–Crippen LogP) is 3.90. The van der Waals surface area contributed by atoms with Gasteiger partial charge in [0.2, 0.25) is 11.8 Å². The van der Waals surface area contributed by atoms with Gasteiger partial charge in [-0.15, -0.1) is 0 Å². The van der Waals surface area contributed by atoms with Gasteiger partial charge in [-0.05, 0) is 79.3 Å². The van der Waals surface area contributed by atoms with Crippen LogP contribution >= 0.6 is 0 Å². The maximum Gasteiger partial charge on any atom is 0.338 e. The van der Waals surface area contributed by atoms with Crippen molar-refractivity contribution in [2.45, 2.75) is 20.3 Å². The van der Waals surface area contributed by atoms with Crippen LogP contribution in [0.1, 0.15) is 38.3 Å². The van der Waals surface area contributed by atoms with Gasteiger partial charge in [-0.2, -0.15) is 0 Å². The maximum atomic E-state index is 13.3. The summed E-state index contributed by atoms with van der Waals surface area (Å²) in [7, 11) is 0. The molecule has 172 valence electrons. The standard InChI is InChI=1S/C28H25NO5/c1-14-6-7-16(10-15(14)2)23(30)13-34-28(33)17-4-3-5-18(11-17)29-26(31)24-19-8-9-20(22-12-21(19)22)25(24)27(29)32/h3-11,19-22,24-25H,12-13H2,1-2H3/t19-,20-,21-,22-,24-,25+/m0/s1. The van der Waals surface area contributed by atoms with E-state index in [0.29, 0.717) is 23.1 Å². The Morgan fingerprint density at radius 2 is 1.56 bits per heavy atom. The van der Waals surface area contributed by atoms with E-state index >= 15 is 0 Å². The summed E-state index contributed by atoms with van der Waals surface area (Å²) in [6.45, 7) is 3.51. The molecule has 5 aliphatic rings. The van der Waals surface area contributed by atoms with E-state index < -0.39 is 5.97 Å². The fourth-order valence-corrected chi connectivity index (χ4v) is 6.20. The summed E-state index contributed by atoms with van der Waals surface area (Å²) >= 11 is 0. The van der Waals surface area contributed by atoms with Crippen LogP contribution in [0, 0.1) is 49.4 Å². The monoisotopic (exact) mass is 455 g/mol. The van der Waals surface area contributed by atoms with Gasteiger partial charge in [-0.25, -0.2) is 9.69 Å². The van der Waals surface area contributed by atoms with Gasteiger partial charge >= 0.3 is 5.97 Å². The third-order valence-corrected chi connectivity index (χ3v) is 8.17. The zero-order valence-corrected chi connectivity index (χ0v) is 19.1. The summed E-state index contributed by atoms with van der Waals surface area (Å²) in [6, 6.07) is 11.7. The van der Waals surface area contributed by atoms with Crippen molar-refractivity contribution in [1.82, 2.24) is 0 Å². The normalized spacial score (nSPS) is 30.2. The first kappa shape index (κ1) is 21.0. The fourth-order valence-electron chi connectivity index (χ4n) is 6.20. The van der Waals surface area contributed by atoms with Crippen LogP contribution < -0.4 is 4.90 Å². The molecule has 0 aromatic heterocycles. The van der Waals surface area contributed by atoms with Crippen molar-refractivity contribution in [3.05, 3.63) is 76.9 Å². The number of hydrogen-bond donors (Lipinski definition) is 0. The van der Waals surface area contributed by atoms with Gasteiger partial charge in [0.25, 0.3) is 0 Å². The van der Waals surface area contributed by atoms with Gasteiger partial charge in [0, 0.05) is 5.56 Å². The minimum absolute atomic E-state index is 0.144. The number of benzene rings is 2. The molecule has 1 aliphatic heterocycles. The number of Topliss-reactive ketones (excluding diaryl/α,β-unsaturated/α-hetero) is 1. The third kappa shape index (κ3) is 3.08. The second-order valence-electron chi connectivity index (χ2n) is 10.0. The molecule has 34 heavy (non-hydrogen) atoms. The number of aryl methyl sites for hydroxylation is 2. The summed E-state index contributed by atoms with van der Waals surface area (Å²) in [6.07, 6.45) is 5.38. The topological polar surface area (TPSA) is 80.8 Å². The third-order valence-electron chi connectivity index (χ3n) is 8.17. The van der Waals surface area contributed by atoms with Crippen LogP contribution in [0.2, 0.25) is 0 Å². The maximum absolute atomic E-state index is 13.3. The number of carbonyl (C=O) groups is 4. The molecule has 0 unspecified atom stereocenters. The average Bonchev–Trinajstić information content (AvgIpc) is 3.62. The van der Waals surface area contributed by atoms with Gasteiger partial charge < -0.3 is 4.74 Å². The van der Waals surface area contributed by atoms with E-state index in [9.17, 15) is 19.2 Å². The van der Waals surface area contributed by atoms with Crippen LogP contribution in [0.3, 0.4) is 0 Å². The number of hydrogen-bond acceptors (Lipinski definition) is 5. The van der Waals surface area contributed by atoms with Crippen molar-refractivity contribution < 1.29 is 23.9 Å². The largest absolute Gasteiger partial charge is 0.454 e. The Morgan fingerprint density at radius 3 is 2.21 bits per heavy atom. The SMILES string of the molecule is Cc1ccc(C(=O)COC(=O)c2cccc(N3C(=O)[C@@H]4[C@H]5C=C[C@@H]([C@@H]6C[C@@H]56)[C@@H]4C3=O)c2)cc1C. The number of carbonyl (C=O) groups excluding carboxylic acids is 4. The first-order chi connectivity index (χ1) is 16.3. The number of allylic oxidation sites excluding steroid dienone is 2. The second kappa shape index (κ2) is 7.49. The molecule has 7 rings (SSSR count). The highest BCUT2D eigenvalue weighted by molar-refractivity contribution is 6.23. The van der Waals surface area contributed by atoms with Crippen molar-refractivity contribution in [3.63, 3.8) is 0 Å². The molecule has 2 saturated carbocycles. The second-order valence-corrected chi connectivity index (χ2v) is 10.0. The molecule has 6 nitrogen and oxygen atoms in total. The van der Waals surface area contributed by atoms with Crippen LogP contribution in [0.15, 0.2) is 54.6 Å². The van der Waals surface area contributed by atoms with Crippen molar-refractivity contribution >= 4 is 29.3 Å². The van der Waals surface area contributed by atoms with Gasteiger partial charge in [0.1, 0.15) is 0 Å².